The number of hydrogen-bond donors (Lipinski definition) is 0. The molecular formula is C24H24N2O4. The number of ketones is 2. The van der Waals surface area contributed by atoms with E-state index in [1.54, 1.807) is 12.2 Å². The summed E-state index contributed by atoms with van der Waals surface area (Å²) >= 11 is 0. The summed E-state index contributed by atoms with van der Waals surface area (Å²) in [5, 5.41) is 4.07. The molecule has 3 atom stereocenters. The van der Waals surface area contributed by atoms with Gasteiger partial charge in [0.05, 0.1) is 12.0 Å². The number of nitrogens with zero attached hydrogens (tertiary/aromatic N) is 2. The largest absolute Gasteiger partial charge is 0.470 e. The number of rotatable bonds is 8. The molecule has 154 valence electrons. The van der Waals surface area contributed by atoms with Crippen LogP contribution in [0.3, 0.4) is 0 Å². The Balaban J connectivity index is 1.74. The molecule has 2 aromatic rings. The van der Waals surface area contributed by atoms with Gasteiger partial charge >= 0.3 is 0 Å². The van der Waals surface area contributed by atoms with Crippen LogP contribution in [-0.4, -0.2) is 34.7 Å². The van der Waals surface area contributed by atoms with Gasteiger partial charge < -0.3 is 9.26 Å². The number of Topliss-reactive ketones (excluding diaryl/α,β-unsaturated/α-hetero) is 1. The lowest BCUT2D eigenvalue weighted by Gasteiger charge is -2.41. The summed E-state index contributed by atoms with van der Waals surface area (Å²) in [4.78, 5) is 28.1. The van der Waals surface area contributed by atoms with Gasteiger partial charge in [-0.25, -0.2) is 0 Å². The lowest BCUT2D eigenvalue weighted by Crippen LogP contribution is -2.46. The van der Waals surface area contributed by atoms with E-state index in [9.17, 15) is 9.59 Å². The fourth-order valence-corrected chi connectivity index (χ4v) is 4.39. The topological polar surface area (TPSA) is 72.6 Å². The minimum absolute atomic E-state index is 0.141. The molecule has 1 heterocycles. The van der Waals surface area contributed by atoms with E-state index in [1.165, 1.54) is 6.08 Å². The highest BCUT2D eigenvalue weighted by atomic mass is 16.5. The van der Waals surface area contributed by atoms with Crippen molar-refractivity contribution in [3.63, 3.8) is 0 Å². The molecule has 0 radical (unpaired) electrons. The molecule has 2 aliphatic rings. The van der Waals surface area contributed by atoms with Crippen LogP contribution in [0.4, 0.5) is 0 Å². The molecule has 0 bridgehead atoms. The Kier molecular flexibility index (Phi) is 5.77. The summed E-state index contributed by atoms with van der Waals surface area (Å²) < 4.78 is 11.5. The minimum atomic E-state index is -0.761. The van der Waals surface area contributed by atoms with Crippen LogP contribution in [0.25, 0.3) is 0 Å². The van der Waals surface area contributed by atoms with Gasteiger partial charge in [-0.3, -0.25) is 14.5 Å². The molecule has 6 heteroatoms. The number of ether oxygens (including phenoxy) is 1. The van der Waals surface area contributed by atoms with Crippen LogP contribution >= 0.6 is 0 Å². The van der Waals surface area contributed by atoms with Crippen molar-refractivity contribution >= 4 is 11.6 Å². The number of fused-ring (bicyclic) bond motifs is 2. The van der Waals surface area contributed by atoms with Crippen molar-refractivity contribution in [3.05, 3.63) is 84.7 Å². The third-order valence-electron chi connectivity index (χ3n) is 5.65. The molecule has 30 heavy (non-hydrogen) atoms. The minimum Gasteiger partial charge on any atom is -0.470 e. The van der Waals surface area contributed by atoms with Crippen LogP contribution in [0.2, 0.25) is 0 Å². The van der Waals surface area contributed by atoms with Gasteiger partial charge in [-0.15, -0.1) is 13.2 Å². The maximum Gasteiger partial charge on any atom is 0.265 e. The lowest BCUT2D eigenvalue weighted by molar-refractivity contribution is -0.120. The molecule has 0 fully saturated rings. The van der Waals surface area contributed by atoms with Crippen LogP contribution in [-0.2, 0) is 11.4 Å². The zero-order valence-electron chi connectivity index (χ0n) is 16.7. The van der Waals surface area contributed by atoms with Crippen LogP contribution < -0.4 is 4.74 Å². The van der Waals surface area contributed by atoms with Gasteiger partial charge in [-0.1, -0.05) is 48.6 Å². The molecule has 0 saturated heterocycles. The number of aromatic nitrogens is 1. The third kappa shape index (κ3) is 3.55. The fourth-order valence-electron chi connectivity index (χ4n) is 4.39. The van der Waals surface area contributed by atoms with E-state index in [2.05, 4.69) is 23.2 Å². The Hall–Kier alpha value is -3.25. The van der Waals surface area contributed by atoms with Gasteiger partial charge in [0.15, 0.2) is 17.3 Å². The molecule has 0 N–H and O–H groups in total. The van der Waals surface area contributed by atoms with Crippen molar-refractivity contribution in [1.82, 2.24) is 10.1 Å². The van der Waals surface area contributed by atoms with E-state index >= 15 is 0 Å². The van der Waals surface area contributed by atoms with Gasteiger partial charge in [0.1, 0.15) is 12.2 Å². The van der Waals surface area contributed by atoms with Gasteiger partial charge in [0.2, 0.25) is 0 Å². The van der Waals surface area contributed by atoms with Crippen molar-refractivity contribution in [1.29, 1.82) is 0 Å². The van der Waals surface area contributed by atoms with E-state index in [4.69, 9.17) is 9.26 Å². The van der Waals surface area contributed by atoms with Gasteiger partial charge in [-0.05, 0) is 23.2 Å². The summed E-state index contributed by atoms with van der Waals surface area (Å²) in [6.45, 7) is 9.06. The second-order valence-corrected chi connectivity index (χ2v) is 7.52. The van der Waals surface area contributed by atoms with E-state index < -0.39 is 5.92 Å². The summed E-state index contributed by atoms with van der Waals surface area (Å²) in [6.07, 6.45) is 7.52. The Labute approximate surface area is 175 Å². The Morgan fingerprint density at radius 2 is 1.90 bits per heavy atom. The van der Waals surface area contributed by atoms with Crippen molar-refractivity contribution in [2.24, 2.45) is 11.8 Å². The molecule has 1 unspecified atom stereocenters. The SMILES string of the molecule is C=CCN(CC=C)[C@@H]1c2onc(OCc3ccccc3)c2C(=O)C2C(=O)C=CC[C@H]21. The molecule has 1 aromatic heterocycles. The summed E-state index contributed by atoms with van der Waals surface area (Å²) in [7, 11) is 0. The first kappa shape index (κ1) is 20.0. The Bertz CT molecular complexity index is 982. The highest BCUT2D eigenvalue weighted by Crippen LogP contribution is 2.48. The lowest BCUT2D eigenvalue weighted by atomic mass is 9.68. The smallest absolute Gasteiger partial charge is 0.265 e. The third-order valence-corrected chi connectivity index (χ3v) is 5.65. The molecule has 1 aromatic carbocycles. The maximum absolute atomic E-state index is 13.3. The molecule has 0 aliphatic heterocycles. The second kappa shape index (κ2) is 8.63. The zero-order chi connectivity index (χ0) is 21.1. The predicted octanol–water partition coefficient (Wildman–Crippen LogP) is 3.93. The predicted molar refractivity (Wildman–Crippen MR) is 112 cm³/mol. The zero-order valence-corrected chi connectivity index (χ0v) is 16.7. The van der Waals surface area contributed by atoms with Gasteiger partial charge in [0.25, 0.3) is 5.88 Å². The maximum atomic E-state index is 13.3. The first-order valence-corrected chi connectivity index (χ1v) is 10.0. The number of carbonyl (C=O) groups is 2. The van der Waals surface area contributed by atoms with E-state index in [0.29, 0.717) is 25.3 Å². The highest BCUT2D eigenvalue weighted by Gasteiger charge is 2.51. The highest BCUT2D eigenvalue weighted by molar-refractivity contribution is 6.16. The van der Waals surface area contributed by atoms with E-state index in [-0.39, 0.29) is 41.6 Å². The normalized spacial score (nSPS) is 22.5. The van der Waals surface area contributed by atoms with Crippen LogP contribution in [0.5, 0.6) is 5.88 Å². The molecule has 2 aliphatic carbocycles. The van der Waals surface area contributed by atoms with Gasteiger partial charge in [-0.2, -0.15) is 0 Å². The average Bonchev–Trinajstić information content (AvgIpc) is 3.17. The quantitative estimate of drug-likeness (QED) is 0.490. The van der Waals surface area contributed by atoms with Crippen molar-refractivity contribution < 1.29 is 18.8 Å². The number of hydrogen-bond acceptors (Lipinski definition) is 6. The molecule has 0 amide bonds. The summed E-state index contributed by atoms with van der Waals surface area (Å²) in [5.74, 6) is -0.848. The number of benzene rings is 1. The summed E-state index contributed by atoms with van der Waals surface area (Å²) in [5.41, 5.74) is 1.22. The van der Waals surface area contributed by atoms with Crippen molar-refractivity contribution in [2.75, 3.05) is 13.1 Å². The first-order valence-electron chi connectivity index (χ1n) is 10.0. The molecule has 4 rings (SSSR count). The Morgan fingerprint density at radius 1 is 1.17 bits per heavy atom. The number of carbonyl (C=O) groups excluding carboxylic acids is 2. The first-order chi connectivity index (χ1) is 14.7. The monoisotopic (exact) mass is 404 g/mol. The van der Waals surface area contributed by atoms with Gasteiger partial charge in [0, 0.05) is 19.0 Å². The van der Waals surface area contributed by atoms with Crippen LogP contribution in [0.1, 0.15) is 34.1 Å². The van der Waals surface area contributed by atoms with Crippen LogP contribution in [0, 0.1) is 11.8 Å². The standard InChI is InChI=1S/C24H24N2O4/c1-3-13-26(14-4-2)21-17-11-8-12-18(27)19(17)22(28)20-23(21)30-25-24(20)29-15-16-9-6-5-7-10-16/h3-10,12,17,19,21H,1-2,11,13-15H2/t17-,19?,21+/m1/s1. The molecule has 6 nitrogen and oxygen atoms in total. The Morgan fingerprint density at radius 3 is 2.60 bits per heavy atom. The fraction of sp³-hybridized carbons (Fsp3) is 0.292. The molecular weight excluding hydrogens is 380 g/mol. The van der Waals surface area contributed by atoms with E-state index in [1.807, 2.05) is 36.4 Å². The van der Waals surface area contributed by atoms with E-state index in [0.717, 1.165) is 5.56 Å². The summed E-state index contributed by atoms with van der Waals surface area (Å²) in [6, 6.07) is 9.31. The second-order valence-electron chi connectivity index (χ2n) is 7.52. The average molecular weight is 404 g/mol. The van der Waals surface area contributed by atoms with Crippen molar-refractivity contribution in [2.45, 2.75) is 19.1 Å². The van der Waals surface area contributed by atoms with Crippen LogP contribution in [0.15, 0.2) is 72.3 Å². The number of allylic oxidation sites excluding steroid dienone is 2. The van der Waals surface area contributed by atoms with Crippen molar-refractivity contribution in [3.8, 4) is 5.88 Å². The molecule has 0 saturated carbocycles. The molecule has 0 spiro atoms.